The van der Waals surface area contributed by atoms with Crippen molar-refractivity contribution in [3.8, 4) is 0 Å². The van der Waals surface area contributed by atoms with Crippen molar-refractivity contribution in [3.05, 3.63) is 59.2 Å². The molecule has 2 aromatic rings. The van der Waals surface area contributed by atoms with Gasteiger partial charge in [-0.05, 0) is 36.8 Å². The van der Waals surface area contributed by atoms with Crippen LogP contribution in [0.4, 0.5) is 25.0 Å². The first-order valence-corrected chi connectivity index (χ1v) is 6.24. The summed E-state index contributed by atoms with van der Waals surface area (Å²) in [4.78, 5) is 22.7. The van der Waals surface area contributed by atoms with Crippen molar-refractivity contribution in [1.29, 1.82) is 0 Å². The Bertz CT molecular complexity index is 748. The highest BCUT2D eigenvalue weighted by molar-refractivity contribution is 6.01. The predicted molar refractivity (Wildman–Crippen MR) is 77.1 cm³/mol. The second-order valence-corrected chi connectivity index (χ2v) is 4.54. The van der Waals surface area contributed by atoms with Gasteiger partial charge < -0.3 is 15.7 Å². The lowest BCUT2D eigenvalue weighted by atomic mass is 10.1. The number of hydrogen-bond donors (Lipinski definition) is 3. The number of hydrogen-bond acceptors (Lipinski definition) is 2. The largest absolute Gasteiger partial charge is 0.478 e. The van der Waals surface area contributed by atoms with E-state index < -0.39 is 23.6 Å². The maximum Gasteiger partial charge on any atom is 0.335 e. The number of carboxylic acids is 1. The van der Waals surface area contributed by atoms with Crippen molar-refractivity contribution < 1.29 is 23.5 Å². The minimum absolute atomic E-state index is 0.00821. The molecule has 0 bridgehead atoms. The fourth-order valence-corrected chi connectivity index (χ4v) is 1.76. The summed E-state index contributed by atoms with van der Waals surface area (Å²) in [5.74, 6) is -2.80. The topological polar surface area (TPSA) is 78.4 Å². The lowest BCUT2D eigenvalue weighted by Crippen LogP contribution is -2.21. The van der Waals surface area contributed by atoms with E-state index in [0.29, 0.717) is 11.6 Å². The van der Waals surface area contributed by atoms with Gasteiger partial charge in [-0.1, -0.05) is 6.07 Å². The number of halogens is 2. The van der Waals surface area contributed by atoms with Crippen LogP contribution in [0.3, 0.4) is 0 Å². The standard InChI is InChI=1S/C15H12F2N2O3/c1-8-2-3-9(14(20)21)6-13(8)19-15(22)18-12-5-4-10(16)7-11(12)17/h2-7H,1H3,(H,20,21)(H2,18,19,22). The second kappa shape index (κ2) is 6.21. The van der Waals surface area contributed by atoms with Crippen molar-refractivity contribution in [1.82, 2.24) is 0 Å². The fourth-order valence-electron chi connectivity index (χ4n) is 1.76. The molecule has 0 aromatic heterocycles. The number of aryl methyl sites for hydroxylation is 1. The van der Waals surface area contributed by atoms with Gasteiger partial charge in [0.1, 0.15) is 11.6 Å². The van der Waals surface area contributed by atoms with Crippen molar-refractivity contribution in [2.45, 2.75) is 6.92 Å². The Morgan fingerprint density at radius 1 is 1.00 bits per heavy atom. The lowest BCUT2D eigenvalue weighted by Gasteiger charge is -2.11. The number of amides is 2. The fraction of sp³-hybridized carbons (Fsp3) is 0.0667. The van der Waals surface area contributed by atoms with Crippen LogP contribution >= 0.6 is 0 Å². The Morgan fingerprint density at radius 2 is 1.68 bits per heavy atom. The first-order valence-electron chi connectivity index (χ1n) is 6.24. The Balaban J connectivity index is 2.15. The van der Waals surface area contributed by atoms with Crippen molar-refractivity contribution in [3.63, 3.8) is 0 Å². The highest BCUT2D eigenvalue weighted by atomic mass is 19.1. The number of nitrogens with one attached hydrogen (secondary N) is 2. The van der Waals surface area contributed by atoms with Gasteiger partial charge >= 0.3 is 12.0 Å². The van der Waals surface area contributed by atoms with Crippen molar-refractivity contribution >= 4 is 23.4 Å². The van der Waals surface area contributed by atoms with Gasteiger partial charge in [-0.3, -0.25) is 0 Å². The first kappa shape index (κ1) is 15.4. The molecule has 0 saturated carbocycles. The van der Waals surface area contributed by atoms with Crippen LogP contribution < -0.4 is 10.6 Å². The molecule has 0 atom stereocenters. The maximum atomic E-state index is 13.4. The number of rotatable bonds is 3. The molecule has 0 heterocycles. The summed E-state index contributed by atoms with van der Waals surface area (Å²) in [6.45, 7) is 1.68. The van der Waals surface area contributed by atoms with Crippen LogP contribution in [-0.2, 0) is 0 Å². The molecule has 0 aliphatic carbocycles. The lowest BCUT2D eigenvalue weighted by molar-refractivity contribution is 0.0697. The van der Waals surface area contributed by atoms with Gasteiger partial charge in [-0.25, -0.2) is 18.4 Å². The van der Waals surface area contributed by atoms with Gasteiger partial charge in [0.25, 0.3) is 0 Å². The molecule has 2 rings (SSSR count). The van der Waals surface area contributed by atoms with Crippen molar-refractivity contribution in [2.24, 2.45) is 0 Å². The maximum absolute atomic E-state index is 13.4. The molecule has 0 aliphatic heterocycles. The van der Waals surface area contributed by atoms with Crippen LogP contribution in [0.2, 0.25) is 0 Å². The normalized spacial score (nSPS) is 10.1. The average Bonchev–Trinajstić information content (AvgIpc) is 2.44. The molecule has 2 amide bonds. The van der Waals surface area contributed by atoms with Gasteiger partial charge in [0.15, 0.2) is 0 Å². The molecule has 0 aliphatic rings. The first-order chi connectivity index (χ1) is 10.4. The van der Waals surface area contributed by atoms with E-state index >= 15 is 0 Å². The van der Waals surface area contributed by atoms with Crippen LogP contribution in [0.25, 0.3) is 0 Å². The highest BCUT2D eigenvalue weighted by Gasteiger charge is 2.11. The van der Waals surface area contributed by atoms with Gasteiger partial charge in [0, 0.05) is 11.8 Å². The third-order valence-corrected chi connectivity index (χ3v) is 2.91. The Hall–Kier alpha value is -2.96. The Morgan fingerprint density at radius 3 is 2.32 bits per heavy atom. The summed E-state index contributed by atoms with van der Waals surface area (Å²) in [5, 5.41) is 13.6. The number of aromatic carboxylic acids is 1. The number of carboxylic acid groups (broad SMARTS) is 1. The molecule has 22 heavy (non-hydrogen) atoms. The zero-order valence-electron chi connectivity index (χ0n) is 11.5. The zero-order chi connectivity index (χ0) is 16.3. The molecule has 7 heteroatoms. The van der Waals surface area contributed by atoms with Crippen LogP contribution in [0.15, 0.2) is 36.4 Å². The third-order valence-electron chi connectivity index (χ3n) is 2.91. The van der Waals surface area contributed by atoms with E-state index in [1.807, 2.05) is 0 Å². The van der Waals surface area contributed by atoms with E-state index in [0.717, 1.165) is 12.1 Å². The van der Waals surface area contributed by atoms with Gasteiger partial charge in [0.05, 0.1) is 11.3 Å². The molecule has 0 saturated heterocycles. The van der Waals surface area contributed by atoms with E-state index in [1.165, 1.54) is 18.2 Å². The van der Waals surface area contributed by atoms with Gasteiger partial charge in [-0.2, -0.15) is 0 Å². The van der Waals surface area contributed by atoms with Crippen LogP contribution in [0.1, 0.15) is 15.9 Å². The van der Waals surface area contributed by atoms with Gasteiger partial charge in [0.2, 0.25) is 0 Å². The average molecular weight is 306 g/mol. The number of carbonyl (C=O) groups excluding carboxylic acids is 1. The molecular formula is C15H12F2N2O3. The molecule has 0 unspecified atom stereocenters. The minimum atomic E-state index is -1.13. The number of carbonyl (C=O) groups is 2. The van der Waals surface area contributed by atoms with Crippen LogP contribution in [0, 0.1) is 18.6 Å². The second-order valence-electron chi connectivity index (χ2n) is 4.54. The molecule has 2 aromatic carbocycles. The SMILES string of the molecule is Cc1ccc(C(=O)O)cc1NC(=O)Nc1ccc(F)cc1F. The molecule has 0 fully saturated rings. The molecule has 3 N–H and O–H groups in total. The summed E-state index contributed by atoms with van der Waals surface area (Å²) in [6, 6.07) is 6.21. The Kier molecular flexibility index (Phi) is 4.36. The van der Waals surface area contributed by atoms with Crippen LogP contribution in [-0.4, -0.2) is 17.1 Å². The summed E-state index contributed by atoms with van der Waals surface area (Å²) in [5.41, 5.74) is 0.736. The van der Waals surface area contributed by atoms with Crippen molar-refractivity contribution in [2.75, 3.05) is 10.6 Å². The zero-order valence-corrected chi connectivity index (χ0v) is 11.5. The summed E-state index contributed by atoms with van der Waals surface area (Å²) in [7, 11) is 0. The quantitative estimate of drug-likeness (QED) is 0.810. The smallest absolute Gasteiger partial charge is 0.335 e. The molecule has 5 nitrogen and oxygen atoms in total. The summed E-state index contributed by atoms with van der Waals surface area (Å²) in [6.07, 6.45) is 0. The predicted octanol–water partition coefficient (Wildman–Crippen LogP) is 3.62. The highest BCUT2D eigenvalue weighted by Crippen LogP contribution is 2.19. The number of urea groups is 1. The molecule has 0 spiro atoms. The van der Waals surface area contributed by atoms with E-state index in [1.54, 1.807) is 6.92 Å². The molecular weight excluding hydrogens is 294 g/mol. The monoisotopic (exact) mass is 306 g/mol. The van der Waals surface area contributed by atoms with E-state index in [9.17, 15) is 18.4 Å². The number of anilines is 2. The van der Waals surface area contributed by atoms with E-state index in [2.05, 4.69) is 10.6 Å². The minimum Gasteiger partial charge on any atom is -0.478 e. The van der Waals surface area contributed by atoms with E-state index in [-0.39, 0.29) is 16.9 Å². The molecule has 0 radical (unpaired) electrons. The van der Waals surface area contributed by atoms with E-state index in [4.69, 9.17) is 5.11 Å². The van der Waals surface area contributed by atoms with Crippen LogP contribution in [0.5, 0.6) is 0 Å². The summed E-state index contributed by atoms with van der Waals surface area (Å²) >= 11 is 0. The van der Waals surface area contributed by atoms with Gasteiger partial charge in [-0.15, -0.1) is 0 Å². The third kappa shape index (κ3) is 3.57. The molecule has 114 valence electrons. The summed E-state index contributed by atoms with van der Waals surface area (Å²) < 4.78 is 26.2. The Labute approximate surface area is 124 Å². The number of benzene rings is 2.